The van der Waals surface area contributed by atoms with Crippen LogP contribution in [0, 0.1) is 0 Å². The third kappa shape index (κ3) is 3.40. The number of nitrogen functional groups attached to an aromatic ring is 1. The highest BCUT2D eigenvalue weighted by molar-refractivity contribution is 7.99. The van der Waals surface area contributed by atoms with Gasteiger partial charge in [-0.1, -0.05) is 17.8 Å². The van der Waals surface area contributed by atoms with Gasteiger partial charge in [0.1, 0.15) is 10.6 Å². The van der Waals surface area contributed by atoms with Gasteiger partial charge in [-0.2, -0.15) is 0 Å². The molecule has 22 heavy (non-hydrogen) atoms. The number of nitrogens with zero attached hydrogens (tertiary/aromatic N) is 2. The first-order chi connectivity index (χ1) is 10.6. The molecular weight excluding hydrogens is 336 g/mol. The number of thioether (sulfide) groups is 1. The van der Waals surface area contributed by atoms with E-state index in [9.17, 15) is 4.79 Å². The number of aromatic nitrogens is 2. The molecule has 0 aromatic carbocycles. The molecule has 5 nitrogen and oxygen atoms in total. The molecule has 0 saturated carbocycles. The quantitative estimate of drug-likeness (QED) is 0.545. The number of amides is 1. The maximum atomic E-state index is 12.0. The summed E-state index contributed by atoms with van der Waals surface area (Å²) in [7, 11) is 0. The van der Waals surface area contributed by atoms with Gasteiger partial charge in [-0.25, -0.2) is 9.97 Å². The van der Waals surface area contributed by atoms with Crippen molar-refractivity contribution in [2.24, 2.45) is 0 Å². The van der Waals surface area contributed by atoms with Crippen molar-refractivity contribution in [1.29, 1.82) is 0 Å². The number of thiophene rings is 2. The van der Waals surface area contributed by atoms with E-state index in [2.05, 4.69) is 15.3 Å². The van der Waals surface area contributed by atoms with E-state index in [0.29, 0.717) is 11.0 Å². The zero-order chi connectivity index (χ0) is 15.5. The van der Waals surface area contributed by atoms with Crippen LogP contribution in [0.25, 0.3) is 10.2 Å². The van der Waals surface area contributed by atoms with E-state index in [0.717, 1.165) is 15.1 Å². The first kappa shape index (κ1) is 15.3. The second-order valence-electron chi connectivity index (χ2n) is 4.62. The van der Waals surface area contributed by atoms with E-state index < -0.39 is 0 Å². The largest absolute Gasteiger partial charge is 0.383 e. The summed E-state index contributed by atoms with van der Waals surface area (Å²) in [6, 6.07) is 5.90. The molecule has 0 spiro atoms. The number of fused-ring (bicyclic) bond motifs is 1. The fourth-order valence-electron chi connectivity index (χ4n) is 1.94. The van der Waals surface area contributed by atoms with Crippen molar-refractivity contribution >= 4 is 56.4 Å². The Kier molecular flexibility index (Phi) is 4.60. The van der Waals surface area contributed by atoms with Gasteiger partial charge in [0.15, 0.2) is 5.16 Å². The highest BCUT2D eigenvalue weighted by Gasteiger charge is 2.12. The van der Waals surface area contributed by atoms with Gasteiger partial charge in [0, 0.05) is 4.88 Å². The fraction of sp³-hybridized carbons (Fsp3) is 0.214. The predicted octanol–water partition coefficient (Wildman–Crippen LogP) is 3.30. The molecule has 0 aliphatic rings. The van der Waals surface area contributed by atoms with Crippen LogP contribution < -0.4 is 11.1 Å². The van der Waals surface area contributed by atoms with Gasteiger partial charge < -0.3 is 11.1 Å². The van der Waals surface area contributed by atoms with Gasteiger partial charge in [0.2, 0.25) is 5.91 Å². The van der Waals surface area contributed by atoms with Gasteiger partial charge in [0.05, 0.1) is 17.2 Å². The highest BCUT2D eigenvalue weighted by Crippen LogP contribution is 2.26. The molecular formula is C14H14N4OS3. The van der Waals surface area contributed by atoms with Crippen LogP contribution in [0.4, 0.5) is 5.82 Å². The first-order valence-electron chi connectivity index (χ1n) is 6.60. The van der Waals surface area contributed by atoms with E-state index in [-0.39, 0.29) is 17.7 Å². The maximum Gasteiger partial charge on any atom is 0.230 e. The molecule has 0 fully saturated rings. The normalized spacial score (nSPS) is 12.4. The minimum absolute atomic E-state index is 0.0128. The Morgan fingerprint density at radius 2 is 2.23 bits per heavy atom. The summed E-state index contributed by atoms with van der Waals surface area (Å²) in [6.07, 6.45) is 0. The lowest BCUT2D eigenvalue weighted by Gasteiger charge is -2.11. The second-order valence-corrected chi connectivity index (χ2v) is 7.44. The van der Waals surface area contributed by atoms with Gasteiger partial charge in [-0.05, 0) is 29.8 Å². The van der Waals surface area contributed by atoms with E-state index >= 15 is 0 Å². The Morgan fingerprint density at radius 1 is 1.36 bits per heavy atom. The molecule has 3 N–H and O–H groups in total. The van der Waals surface area contributed by atoms with Crippen LogP contribution >= 0.6 is 34.4 Å². The van der Waals surface area contributed by atoms with E-state index in [4.69, 9.17) is 5.73 Å². The standard InChI is InChI=1S/C14H14N4OS3/c1-8(10-3-2-5-20-10)16-11(19)7-22-14-17-12(15)9-4-6-21-13(9)18-14/h2-6,8H,7H2,1H3,(H,16,19)(H2,15,17,18). The zero-order valence-corrected chi connectivity index (χ0v) is 14.2. The molecule has 114 valence electrons. The summed E-state index contributed by atoms with van der Waals surface area (Å²) < 4.78 is 0. The van der Waals surface area contributed by atoms with Crippen molar-refractivity contribution in [3.63, 3.8) is 0 Å². The number of nitrogens with one attached hydrogen (secondary N) is 1. The van der Waals surface area contributed by atoms with Crippen LogP contribution in [-0.4, -0.2) is 21.6 Å². The van der Waals surface area contributed by atoms with Crippen molar-refractivity contribution in [1.82, 2.24) is 15.3 Å². The van der Waals surface area contributed by atoms with Crippen molar-refractivity contribution < 1.29 is 4.79 Å². The number of rotatable bonds is 5. The lowest BCUT2D eigenvalue weighted by atomic mass is 10.3. The Labute approximate surface area is 140 Å². The average Bonchev–Trinajstić information content (AvgIpc) is 3.16. The number of carbonyl (C=O) groups is 1. The molecule has 0 saturated heterocycles. The third-order valence-electron chi connectivity index (χ3n) is 3.01. The Bertz CT molecular complexity index is 785. The summed E-state index contributed by atoms with van der Waals surface area (Å²) >= 11 is 4.44. The lowest BCUT2D eigenvalue weighted by Crippen LogP contribution is -2.27. The smallest absolute Gasteiger partial charge is 0.230 e. The van der Waals surface area contributed by atoms with Crippen LogP contribution in [0.1, 0.15) is 17.8 Å². The van der Waals surface area contributed by atoms with Crippen molar-refractivity contribution in [2.75, 3.05) is 11.5 Å². The summed E-state index contributed by atoms with van der Waals surface area (Å²) in [5.74, 6) is 0.687. The maximum absolute atomic E-state index is 12.0. The molecule has 1 unspecified atom stereocenters. The van der Waals surface area contributed by atoms with Gasteiger partial charge in [0.25, 0.3) is 0 Å². The van der Waals surface area contributed by atoms with Crippen LogP contribution in [0.2, 0.25) is 0 Å². The van der Waals surface area contributed by atoms with E-state index in [1.165, 1.54) is 23.1 Å². The molecule has 3 rings (SSSR count). The highest BCUT2D eigenvalue weighted by atomic mass is 32.2. The lowest BCUT2D eigenvalue weighted by molar-refractivity contribution is -0.119. The van der Waals surface area contributed by atoms with Crippen molar-refractivity contribution in [3.8, 4) is 0 Å². The number of carbonyl (C=O) groups excluding carboxylic acids is 1. The van der Waals surface area contributed by atoms with Crippen LogP contribution in [0.3, 0.4) is 0 Å². The molecule has 3 aromatic heterocycles. The molecule has 1 atom stereocenters. The summed E-state index contributed by atoms with van der Waals surface area (Å²) in [6.45, 7) is 1.97. The topological polar surface area (TPSA) is 80.9 Å². The average molecular weight is 350 g/mol. The summed E-state index contributed by atoms with van der Waals surface area (Å²) in [5, 5.41) is 8.30. The molecule has 3 aromatic rings. The second kappa shape index (κ2) is 6.64. The zero-order valence-electron chi connectivity index (χ0n) is 11.8. The van der Waals surface area contributed by atoms with Gasteiger partial charge in [-0.15, -0.1) is 22.7 Å². The van der Waals surface area contributed by atoms with Crippen molar-refractivity contribution in [2.45, 2.75) is 18.1 Å². The van der Waals surface area contributed by atoms with Gasteiger partial charge in [-0.3, -0.25) is 4.79 Å². The number of nitrogens with two attached hydrogens (primary N) is 1. The molecule has 8 heteroatoms. The number of hydrogen-bond acceptors (Lipinski definition) is 7. The molecule has 0 radical (unpaired) electrons. The molecule has 0 bridgehead atoms. The van der Waals surface area contributed by atoms with E-state index in [1.54, 1.807) is 11.3 Å². The molecule has 0 aliphatic carbocycles. The Hall–Kier alpha value is -1.64. The minimum Gasteiger partial charge on any atom is -0.383 e. The molecule has 1 amide bonds. The molecule has 0 aliphatic heterocycles. The third-order valence-corrected chi connectivity index (χ3v) is 5.72. The Balaban J connectivity index is 1.60. The van der Waals surface area contributed by atoms with E-state index in [1.807, 2.05) is 35.9 Å². The van der Waals surface area contributed by atoms with Gasteiger partial charge >= 0.3 is 0 Å². The Morgan fingerprint density at radius 3 is 3.00 bits per heavy atom. The first-order valence-corrected chi connectivity index (χ1v) is 9.34. The summed E-state index contributed by atoms with van der Waals surface area (Å²) in [4.78, 5) is 22.6. The SMILES string of the molecule is CC(NC(=O)CSc1nc(N)c2ccsc2n1)c1cccs1. The van der Waals surface area contributed by atoms with Crippen LogP contribution in [0.15, 0.2) is 34.1 Å². The number of hydrogen-bond donors (Lipinski definition) is 2. The molecule has 3 heterocycles. The monoisotopic (exact) mass is 350 g/mol. The van der Waals surface area contributed by atoms with Crippen molar-refractivity contribution in [3.05, 3.63) is 33.8 Å². The predicted molar refractivity (Wildman–Crippen MR) is 93.4 cm³/mol. The fourth-order valence-corrected chi connectivity index (χ4v) is 4.17. The van der Waals surface area contributed by atoms with Crippen LogP contribution in [-0.2, 0) is 4.79 Å². The summed E-state index contributed by atoms with van der Waals surface area (Å²) in [5.41, 5.74) is 5.90. The number of anilines is 1. The minimum atomic E-state index is -0.0423. The van der Waals surface area contributed by atoms with Crippen LogP contribution in [0.5, 0.6) is 0 Å².